The number of nitro benzene ring substituents is 1. The summed E-state index contributed by atoms with van der Waals surface area (Å²) in [6.45, 7) is 2.16. The molecule has 1 unspecified atom stereocenters. The molecule has 1 amide bonds. The molecule has 1 aliphatic heterocycles. The molecule has 21 heavy (non-hydrogen) atoms. The number of nitrogens with zero attached hydrogens (tertiary/aromatic N) is 2. The van der Waals surface area contributed by atoms with Crippen molar-refractivity contribution >= 4 is 17.4 Å². The van der Waals surface area contributed by atoms with Crippen LogP contribution in [0, 0.1) is 10.1 Å². The average molecular weight is 290 g/mol. The van der Waals surface area contributed by atoms with Crippen LogP contribution < -0.4 is 0 Å². The van der Waals surface area contributed by atoms with Gasteiger partial charge < -0.3 is 4.90 Å². The predicted octanol–water partition coefficient (Wildman–Crippen LogP) is 2.57. The van der Waals surface area contributed by atoms with Crippen LogP contribution in [-0.2, 0) is 4.79 Å². The summed E-state index contributed by atoms with van der Waals surface area (Å²) in [6, 6.07) is 5.55. The van der Waals surface area contributed by atoms with E-state index in [9.17, 15) is 19.7 Å². The molecule has 0 N–H and O–H groups in total. The highest BCUT2D eigenvalue weighted by Crippen LogP contribution is 2.23. The second-order valence-electron chi connectivity index (χ2n) is 5.36. The first-order chi connectivity index (χ1) is 9.99. The molecule has 1 aromatic rings. The Kier molecular flexibility index (Phi) is 4.67. The summed E-state index contributed by atoms with van der Waals surface area (Å²) in [4.78, 5) is 35.7. The van der Waals surface area contributed by atoms with Crippen molar-refractivity contribution in [1.82, 2.24) is 4.90 Å². The van der Waals surface area contributed by atoms with Crippen molar-refractivity contribution in [1.29, 1.82) is 0 Å². The number of hydrogen-bond acceptors (Lipinski definition) is 4. The third-order valence-electron chi connectivity index (χ3n) is 3.74. The van der Waals surface area contributed by atoms with E-state index in [1.54, 1.807) is 4.90 Å². The summed E-state index contributed by atoms with van der Waals surface area (Å²) in [5.74, 6) is -0.0840. The molecule has 0 saturated carbocycles. The van der Waals surface area contributed by atoms with Crippen LogP contribution in [0.15, 0.2) is 24.3 Å². The van der Waals surface area contributed by atoms with E-state index in [1.807, 2.05) is 0 Å². The van der Waals surface area contributed by atoms with Gasteiger partial charge in [-0.3, -0.25) is 19.7 Å². The number of carbonyl (C=O) groups excluding carboxylic acids is 2. The van der Waals surface area contributed by atoms with E-state index >= 15 is 0 Å². The molecule has 1 heterocycles. The van der Waals surface area contributed by atoms with Crippen LogP contribution in [0.2, 0.25) is 0 Å². The van der Waals surface area contributed by atoms with Crippen molar-refractivity contribution in [3.8, 4) is 0 Å². The van der Waals surface area contributed by atoms with Crippen molar-refractivity contribution in [2.24, 2.45) is 0 Å². The lowest BCUT2D eigenvalue weighted by atomic mass is 9.97. The number of benzene rings is 1. The Morgan fingerprint density at radius 2 is 1.95 bits per heavy atom. The lowest BCUT2D eigenvalue weighted by molar-refractivity contribution is -0.384. The standard InChI is InChI=1S/C15H18N2O4/c1-11(18)10-14-4-2-3-9-16(14)15(19)12-5-7-13(8-6-12)17(20)21/h5-8,14H,2-4,9-10H2,1H3. The summed E-state index contributed by atoms with van der Waals surface area (Å²) in [6.07, 6.45) is 3.14. The van der Waals surface area contributed by atoms with Crippen LogP contribution in [0.25, 0.3) is 0 Å². The molecule has 1 saturated heterocycles. The second-order valence-corrected chi connectivity index (χ2v) is 5.36. The summed E-state index contributed by atoms with van der Waals surface area (Å²) < 4.78 is 0. The summed E-state index contributed by atoms with van der Waals surface area (Å²) in [5, 5.41) is 10.6. The zero-order valence-corrected chi connectivity index (χ0v) is 11.9. The van der Waals surface area contributed by atoms with Gasteiger partial charge in [-0.2, -0.15) is 0 Å². The zero-order chi connectivity index (χ0) is 15.4. The highest BCUT2D eigenvalue weighted by molar-refractivity contribution is 5.95. The van der Waals surface area contributed by atoms with Gasteiger partial charge in [0.15, 0.2) is 0 Å². The Morgan fingerprint density at radius 3 is 2.52 bits per heavy atom. The quantitative estimate of drug-likeness (QED) is 0.630. The number of hydrogen-bond donors (Lipinski definition) is 0. The molecule has 2 rings (SSSR count). The normalized spacial score (nSPS) is 18.3. The first-order valence-electron chi connectivity index (χ1n) is 7.04. The lowest BCUT2D eigenvalue weighted by Crippen LogP contribution is -2.44. The van der Waals surface area contributed by atoms with E-state index < -0.39 is 4.92 Å². The van der Waals surface area contributed by atoms with Gasteiger partial charge >= 0.3 is 0 Å². The van der Waals surface area contributed by atoms with Gasteiger partial charge in [0.1, 0.15) is 5.78 Å². The van der Waals surface area contributed by atoms with Crippen LogP contribution in [0.1, 0.15) is 43.0 Å². The molecule has 1 aromatic carbocycles. The third kappa shape index (κ3) is 3.65. The number of amides is 1. The molecule has 0 spiro atoms. The molecule has 0 radical (unpaired) electrons. The van der Waals surface area contributed by atoms with Gasteiger partial charge in [0.2, 0.25) is 0 Å². The average Bonchev–Trinajstić information content (AvgIpc) is 2.46. The van der Waals surface area contributed by atoms with Crippen LogP contribution in [0.5, 0.6) is 0 Å². The van der Waals surface area contributed by atoms with E-state index in [1.165, 1.54) is 31.2 Å². The van der Waals surface area contributed by atoms with Gasteiger partial charge in [-0.1, -0.05) is 0 Å². The van der Waals surface area contributed by atoms with Crippen molar-refractivity contribution in [2.75, 3.05) is 6.54 Å². The molecular weight excluding hydrogens is 272 g/mol. The minimum Gasteiger partial charge on any atom is -0.335 e. The zero-order valence-electron chi connectivity index (χ0n) is 11.9. The van der Waals surface area contributed by atoms with E-state index in [-0.39, 0.29) is 23.4 Å². The van der Waals surface area contributed by atoms with E-state index in [0.717, 1.165) is 19.3 Å². The van der Waals surface area contributed by atoms with Crippen LogP contribution in [0.4, 0.5) is 5.69 Å². The van der Waals surface area contributed by atoms with Gasteiger partial charge in [0.25, 0.3) is 11.6 Å². The van der Waals surface area contributed by atoms with E-state index in [0.29, 0.717) is 18.5 Å². The number of carbonyl (C=O) groups is 2. The first kappa shape index (κ1) is 15.2. The van der Waals surface area contributed by atoms with E-state index in [2.05, 4.69) is 0 Å². The van der Waals surface area contributed by atoms with Gasteiger partial charge in [-0.05, 0) is 38.3 Å². The smallest absolute Gasteiger partial charge is 0.269 e. The van der Waals surface area contributed by atoms with Gasteiger partial charge in [-0.25, -0.2) is 0 Å². The SMILES string of the molecule is CC(=O)CC1CCCCN1C(=O)c1ccc([N+](=O)[O-])cc1. The molecule has 1 fully saturated rings. The van der Waals surface area contributed by atoms with Crippen LogP contribution in [0.3, 0.4) is 0 Å². The Labute approximate surface area is 122 Å². The van der Waals surface area contributed by atoms with Crippen molar-refractivity contribution in [3.63, 3.8) is 0 Å². The highest BCUT2D eigenvalue weighted by atomic mass is 16.6. The molecule has 0 aliphatic carbocycles. The minimum atomic E-state index is -0.492. The van der Waals surface area contributed by atoms with E-state index in [4.69, 9.17) is 0 Å². The van der Waals surface area contributed by atoms with Gasteiger partial charge in [0.05, 0.1) is 4.92 Å². The van der Waals surface area contributed by atoms with Gasteiger partial charge in [-0.15, -0.1) is 0 Å². The summed E-state index contributed by atoms with van der Waals surface area (Å²) in [5.41, 5.74) is 0.390. The largest absolute Gasteiger partial charge is 0.335 e. The fourth-order valence-corrected chi connectivity index (χ4v) is 2.70. The maximum atomic E-state index is 12.5. The number of likely N-dealkylation sites (tertiary alicyclic amines) is 1. The van der Waals surface area contributed by atoms with Crippen molar-refractivity contribution in [2.45, 2.75) is 38.6 Å². The van der Waals surface area contributed by atoms with Crippen LogP contribution >= 0.6 is 0 Å². The second kappa shape index (κ2) is 6.47. The molecule has 0 bridgehead atoms. The Morgan fingerprint density at radius 1 is 1.29 bits per heavy atom. The first-order valence-corrected chi connectivity index (χ1v) is 7.04. The highest BCUT2D eigenvalue weighted by Gasteiger charge is 2.28. The monoisotopic (exact) mass is 290 g/mol. The number of ketones is 1. The number of piperidine rings is 1. The number of nitro groups is 1. The lowest BCUT2D eigenvalue weighted by Gasteiger charge is -2.35. The van der Waals surface area contributed by atoms with Crippen molar-refractivity contribution in [3.05, 3.63) is 39.9 Å². The molecular formula is C15H18N2O4. The third-order valence-corrected chi connectivity index (χ3v) is 3.74. The minimum absolute atomic E-state index is 0.0366. The number of rotatable bonds is 4. The fraction of sp³-hybridized carbons (Fsp3) is 0.467. The molecule has 6 nitrogen and oxygen atoms in total. The Hall–Kier alpha value is -2.24. The molecule has 1 atom stereocenters. The summed E-state index contributed by atoms with van der Waals surface area (Å²) in [7, 11) is 0. The van der Waals surface area contributed by atoms with Crippen molar-refractivity contribution < 1.29 is 14.5 Å². The number of non-ortho nitro benzene ring substituents is 1. The molecule has 112 valence electrons. The maximum absolute atomic E-state index is 12.5. The predicted molar refractivity (Wildman–Crippen MR) is 77.1 cm³/mol. The molecule has 6 heteroatoms. The molecule has 0 aromatic heterocycles. The maximum Gasteiger partial charge on any atom is 0.269 e. The molecule has 1 aliphatic rings. The Bertz CT molecular complexity index is 553. The van der Waals surface area contributed by atoms with Crippen LogP contribution in [-0.4, -0.2) is 34.1 Å². The topological polar surface area (TPSA) is 80.5 Å². The number of Topliss-reactive ketones (excluding diaryl/α,β-unsaturated/α-hetero) is 1. The fourth-order valence-electron chi connectivity index (χ4n) is 2.70. The Balaban J connectivity index is 2.16. The summed E-state index contributed by atoms with van der Waals surface area (Å²) >= 11 is 0. The van der Waals surface area contributed by atoms with Gasteiger partial charge in [0, 0.05) is 36.7 Å².